The maximum atomic E-state index is 9.82. The number of rotatable bonds is 7. The lowest BCUT2D eigenvalue weighted by Gasteiger charge is -2.52. The van der Waals surface area contributed by atoms with Gasteiger partial charge in [0.05, 0.1) is 5.52 Å². The summed E-state index contributed by atoms with van der Waals surface area (Å²) >= 11 is 0. The standard InChI is InChI=1S/C26H30BN3O2/c1-2-18-17-30-14-12-19(18)15-25(30)26(22-11-13-28-24-10-6-4-8-21(22)24)29-16-20-7-3-5-9-23(20)27(31)32/h2-11,13,18-19,25-26,29,31-32H,1,12,14-17H2/t18?,19?,25?,26-/m0/s1. The molecule has 2 bridgehead atoms. The molecule has 4 heterocycles. The lowest BCUT2D eigenvalue weighted by Crippen LogP contribution is -2.57. The molecule has 4 unspecified atom stereocenters. The Kier molecular flexibility index (Phi) is 6.11. The number of hydrogen-bond acceptors (Lipinski definition) is 5. The van der Waals surface area contributed by atoms with E-state index in [-0.39, 0.29) is 6.04 Å². The first-order chi connectivity index (χ1) is 15.7. The number of nitrogens with one attached hydrogen (secondary N) is 1. The Bertz CT molecular complexity index is 1100. The molecule has 0 aliphatic carbocycles. The quantitative estimate of drug-likeness (QED) is 0.400. The summed E-state index contributed by atoms with van der Waals surface area (Å²) in [6.45, 7) is 6.82. The summed E-state index contributed by atoms with van der Waals surface area (Å²) in [6, 6.07) is 18.5. The monoisotopic (exact) mass is 427 g/mol. The summed E-state index contributed by atoms with van der Waals surface area (Å²) in [5, 5.41) is 24.6. The van der Waals surface area contributed by atoms with Crippen LogP contribution in [-0.4, -0.2) is 46.2 Å². The van der Waals surface area contributed by atoms with Gasteiger partial charge in [0, 0.05) is 36.8 Å². The van der Waals surface area contributed by atoms with Crippen molar-refractivity contribution in [2.45, 2.75) is 31.5 Å². The average molecular weight is 427 g/mol. The van der Waals surface area contributed by atoms with Gasteiger partial charge in [-0.2, -0.15) is 0 Å². The third-order valence-electron chi connectivity index (χ3n) is 7.40. The molecule has 3 fully saturated rings. The zero-order chi connectivity index (χ0) is 22.1. The van der Waals surface area contributed by atoms with Crippen molar-refractivity contribution in [1.82, 2.24) is 15.2 Å². The van der Waals surface area contributed by atoms with Gasteiger partial charge in [-0.05, 0) is 59.9 Å². The Balaban J connectivity index is 1.51. The fraction of sp³-hybridized carbons (Fsp3) is 0.346. The lowest BCUT2D eigenvalue weighted by atomic mass is 9.73. The summed E-state index contributed by atoms with van der Waals surface area (Å²) in [6.07, 6.45) is 6.41. The second-order valence-electron chi connectivity index (χ2n) is 9.09. The minimum Gasteiger partial charge on any atom is -0.423 e. The van der Waals surface area contributed by atoms with Crippen LogP contribution in [0.1, 0.15) is 30.0 Å². The van der Waals surface area contributed by atoms with Crippen molar-refractivity contribution in [3.8, 4) is 0 Å². The topological polar surface area (TPSA) is 68.6 Å². The second kappa shape index (κ2) is 9.16. The van der Waals surface area contributed by atoms with Crippen molar-refractivity contribution in [2.24, 2.45) is 11.8 Å². The number of piperidine rings is 3. The van der Waals surface area contributed by atoms with E-state index >= 15 is 0 Å². The zero-order valence-corrected chi connectivity index (χ0v) is 18.3. The average Bonchev–Trinajstić information content (AvgIpc) is 2.84. The third-order valence-corrected chi connectivity index (χ3v) is 7.40. The van der Waals surface area contributed by atoms with Crippen LogP contribution in [0.15, 0.2) is 73.4 Å². The molecule has 0 amide bonds. The molecule has 3 aliphatic rings. The Morgan fingerprint density at radius 1 is 1.16 bits per heavy atom. The Labute approximate surface area is 189 Å². The van der Waals surface area contributed by atoms with Crippen LogP contribution in [0.4, 0.5) is 0 Å². The molecule has 3 aliphatic heterocycles. The van der Waals surface area contributed by atoms with Crippen LogP contribution in [-0.2, 0) is 6.54 Å². The van der Waals surface area contributed by atoms with E-state index in [2.05, 4.69) is 52.1 Å². The molecule has 0 spiro atoms. The summed E-state index contributed by atoms with van der Waals surface area (Å²) in [4.78, 5) is 7.19. The normalized spacial score (nSPS) is 25.6. The molecule has 0 saturated carbocycles. The minimum absolute atomic E-state index is 0.111. The van der Waals surface area contributed by atoms with E-state index < -0.39 is 7.12 Å². The molecule has 3 aromatic rings. The molecule has 6 heteroatoms. The van der Waals surface area contributed by atoms with Gasteiger partial charge >= 0.3 is 7.12 Å². The molecule has 6 rings (SSSR count). The number of para-hydroxylation sites is 1. The SMILES string of the molecule is C=CC1CN2CCC1CC2[C@@H](NCc1ccccc1B(O)O)c1ccnc2ccccc12. The van der Waals surface area contributed by atoms with Crippen molar-refractivity contribution in [1.29, 1.82) is 0 Å². The van der Waals surface area contributed by atoms with Gasteiger partial charge in [0.15, 0.2) is 0 Å². The first-order valence-electron chi connectivity index (χ1n) is 11.5. The van der Waals surface area contributed by atoms with Gasteiger partial charge in [0.25, 0.3) is 0 Å². The van der Waals surface area contributed by atoms with Gasteiger partial charge in [0.1, 0.15) is 0 Å². The van der Waals surface area contributed by atoms with Crippen molar-refractivity contribution < 1.29 is 10.0 Å². The highest BCUT2D eigenvalue weighted by Crippen LogP contribution is 2.42. The molecule has 2 aromatic carbocycles. The number of benzene rings is 2. The van der Waals surface area contributed by atoms with Gasteiger partial charge in [0.2, 0.25) is 0 Å². The first kappa shape index (κ1) is 21.3. The van der Waals surface area contributed by atoms with Gasteiger partial charge in [-0.25, -0.2) is 0 Å². The highest BCUT2D eigenvalue weighted by Gasteiger charge is 2.42. The molecule has 1 aromatic heterocycles. The van der Waals surface area contributed by atoms with E-state index in [0.29, 0.717) is 29.9 Å². The third kappa shape index (κ3) is 4.00. The Morgan fingerprint density at radius 3 is 2.75 bits per heavy atom. The molecule has 3 saturated heterocycles. The maximum Gasteiger partial charge on any atom is 0.488 e. The fourth-order valence-corrected chi connectivity index (χ4v) is 5.73. The smallest absolute Gasteiger partial charge is 0.423 e. The van der Waals surface area contributed by atoms with Crippen LogP contribution in [0.3, 0.4) is 0 Å². The Morgan fingerprint density at radius 2 is 1.97 bits per heavy atom. The zero-order valence-electron chi connectivity index (χ0n) is 18.3. The maximum absolute atomic E-state index is 9.82. The van der Waals surface area contributed by atoms with Crippen molar-refractivity contribution in [3.63, 3.8) is 0 Å². The predicted molar refractivity (Wildman–Crippen MR) is 129 cm³/mol. The summed E-state index contributed by atoms with van der Waals surface area (Å²) in [5.41, 5.74) is 3.72. The van der Waals surface area contributed by atoms with E-state index in [9.17, 15) is 10.0 Å². The lowest BCUT2D eigenvalue weighted by molar-refractivity contribution is 0.000956. The van der Waals surface area contributed by atoms with Crippen LogP contribution in [0, 0.1) is 11.8 Å². The van der Waals surface area contributed by atoms with Crippen molar-refractivity contribution in [2.75, 3.05) is 13.1 Å². The molecule has 0 radical (unpaired) electrons. The van der Waals surface area contributed by atoms with E-state index in [1.165, 1.54) is 17.4 Å². The molecule has 5 nitrogen and oxygen atoms in total. The van der Waals surface area contributed by atoms with Crippen molar-refractivity contribution in [3.05, 3.63) is 84.6 Å². The number of nitrogens with zero attached hydrogens (tertiary/aromatic N) is 2. The summed E-state index contributed by atoms with van der Waals surface area (Å²) < 4.78 is 0. The largest absolute Gasteiger partial charge is 0.488 e. The summed E-state index contributed by atoms with van der Waals surface area (Å²) in [5.74, 6) is 1.24. The van der Waals surface area contributed by atoms with Gasteiger partial charge in [-0.3, -0.25) is 9.88 Å². The van der Waals surface area contributed by atoms with E-state index in [1.807, 2.05) is 30.5 Å². The fourth-order valence-electron chi connectivity index (χ4n) is 5.73. The van der Waals surface area contributed by atoms with E-state index in [4.69, 9.17) is 0 Å². The Hall–Kier alpha value is -2.51. The molecule has 3 N–H and O–H groups in total. The van der Waals surface area contributed by atoms with Crippen LogP contribution >= 0.6 is 0 Å². The summed E-state index contributed by atoms with van der Waals surface area (Å²) in [7, 11) is -1.48. The van der Waals surface area contributed by atoms with Crippen LogP contribution < -0.4 is 10.8 Å². The highest BCUT2D eigenvalue weighted by atomic mass is 16.4. The van der Waals surface area contributed by atoms with Crippen LogP contribution in [0.25, 0.3) is 10.9 Å². The van der Waals surface area contributed by atoms with E-state index in [0.717, 1.165) is 30.6 Å². The predicted octanol–water partition coefficient (Wildman–Crippen LogP) is 2.64. The number of hydrogen-bond donors (Lipinski definition) is 3. The molecular weight excluding hydrogens is 397 g/mol. The molecule has 5 atom stereocenters. The second-order valence-corrected chi connectivity index (χ2v) is 9.09. The van der Waals surface area contributed by atoms with Crippen molar-refractivity contribution >= 4 is 23.5 Å². The number of fused-ring (bicyclic) bond motifs is 4. The van der Waals surface area contributed by atoms with Crippen LogP contribution in [0.2, 0.25) is 0 Å². The molecular formula is C26H30BN3O2. The molecule has 32 heavy (non-hydrogen) atoms. The number of aromatic nitrogens is 1. The molecule has 164 valence electrons. The van der Waals surface area contributed by atoms with E-state index in [1.54, 1.807) is 6.07 Å². The number of pyridine rings is 1. The van der Waals surface area contributed by atoms with Gasteiger partial charge in [-0.15, -0.1) is 6.58 Å². The van der Waals surface area contributed by atoms with Gasteiger partial charge in [-0.1, -0.05) is 48.5 Å². The highest BCUT2D eigenvalue weighted by molar-refractivity contribution is 6.59. The first-order valence-corrected chi connectivity index (χ1v) is 11.5. The van der Waals surface area contributed by atoms with Gasteiger partial charge < -0.3 is 15.4 Å². The van der Waals surface area contributed by atoms with Crippen LogP contribution in [0.5, 0.6) is 0 Å². The minimum atomic E-state index is -1.48.